The molecule has 13 nitrogen and oxygen atoms in total. The first kappa shape index (κ1) is 24.8. The molecule has 1 fully saturated rings. The summed E-state index contributed by atoms with van der Waals surface area (Å²) in [7, 11) is 1.44. The number of fused-ring (bicyclic) bond motifs is 1. The maximum atomic E-state index is 12.6. The Morgan fingerprint density at radius 1 is 1.39 bits per heavy atom. The molecular weight excluding hydrogens is 445 g/mol. The van der Waals surface area contributed by atoms with Gasteiger partial charge in [0.15, 0.2) is 0 Å². The summed E-state index contributed by atoms with van der Waals surface area (Å²) in [5, 5.41) is 28.3. The van der Waals surface area contributed by atoms with Crippen LogP contribution in [0.2, 0.25) is 0 Å². The van der Waals surface area contributed by atoms with Crippen molar-refractivity contribution in [2.24, 2.45) is 7.05 Å². The average molecular weight is 461 g/mol. The number of carboxylic acids is 1. The Labute approximate surface area is 201 Å². The van der Waals surface area contributed by atoms with Crippen LogP contribution >= 0.6 is 11.8 Å². The Bertz CT molecular complexity index is 1020. The molecule has 3 heterocycles. The van der Waals surface area contributed by atoms with Crippen molar-refractivity contribution in [3.05, 3.63) is 32.8 Å². The van der Waals surface area contributed by atoms with E-state index in [-0.39, 0.29) is 53.2 Å². The molecule has 15 heteroatoms. The van der Waals surface area contributed by atoms with Crippen LogP contribution in [-0.4, -0.2) is 67.1 Å². The van der Waals surface area contributed by atoms with Gasteiger partial charge in [-0.1, -0.05) is 0 Å². The number of rotatable bonds is 6. The minimum atomic E-state index is -1.61. The number of β-lactam (4-membered cyclic amide) rings is 1. The third-order valence-corrected chi connectivity index (χ3v) is 6.02. The standard InChI is InChI=1S/C16H17N5O8S.Na/c1-6-11(21(27)28)9(18-19(6)3)13(23)17-10-14(24)20-12(16(25)26)8(4-29-7(2)22)5-30-15(10)20;/h10,15H,4-5H2,1-3H3,(H,17,23)(H,25,26);/q;+1/p-1. The zero-order valence-electron chi connectivity index (χ0n) is 17.0. The fourth-order valence-electron chi connectivity index (χ4n) is 3.15. The van der Waals surface area contributed by atoms with Crippen LogP contribution in [0.5, 0.6) is 0 Å². The molecule has 1 aromatic rings. The molecule has 31 heavy (non-hydrogen) atoms. The summed E-state index contributed by atoms with van der Waals surface area (Å²) in [6, 6.07) is -1.10. The minimum absolute atomic E-state index is 0. The van der Waals surface area contributed by atoms with E-state index in [2.05, 4.69) is 10.4 Å². The number of thioether (sulfide) groups is 1. The molecule has 0 aromatic carbocycles. The maximum absolute atomic E-state index is 12.6. The van der Waals surface area contributed by atoms with Crippen molar-refractivity contribution in [3.8, 4) is 0 Å². The number of esters is 1. The molecule has 0 bridgehead atoms. The van der Waals surface area contributed by atoms with Crippen LogP contribution in [-0.2, 0) is 26.2 Å². The number of hydrogen-bond donors (Lipinski definition) is 1. The topological polar surface area (TPSA) is 177 Å². The third kappa shape index (κ3) is 4.46. The monoisotopic (exact) mass is 461 g/mol. The van der Waals surface area contributed by atoms with E-state index in [0.29, 0.717) is 0 Å². The number of carbonyl (C=O) groups is 4. The van der Waals surface area contributed by atoms with Gasteiger partial charge in [0, 0.05) is 25.3 Å². The second-order valence-corrected chi connectivity index (χ2v) is 7.65. The smallest absolute Gasteiger partial charge is 0.543 e. The Morgan fingerprint density at radius 2 is 2.03 bits per heavy atom. The summed E-state index contributed by atoms with van der Waals surface area (Å²) in [6.07, 6.45) is 0. The van der Waals surface area contributed by atoms with Crippen molar-refractivity contribution in [1.29, 1.82) is 0 Å². The molecule has 0 aliphatic carbocycles. The maximum Gasteiger partial charge on any atom is 1.00 e. The predicted octanol–water partition coefficient (Wildman–Crippen LogP) is -4.78. The molecule has 2 amide bonds. The van der Waals surface area contributed by atoms with E-state index in [1.165, 1.54) is 18.7 Å². The first-order chi connectivity index (χ1) is 14.0. The van der Waals surface area contributed by atoms with Crippen molar-refractivity contribution in [1.82, 2.24) is 20.0 Å². The van der Waals surface area contributed by atoms with Gasteiger partial charge in [0.25, 0.3) is 11.8 Å². The van der Waals surface area contributed by atoms with Gasteiger partial charge in [0.05, 0.1) is 16.6 Å². The number of aliphatic carboxylic acids is 1. The molecule has 1 N–H and O–H groups in total. The number of nitrogens with one attached hydrogen (secondary N) is 1. The van der Waals surface area contributed by atoms with Crippen molar-refractivity contribution in [2.75, 3.05) is 12.4 Å². The van der Waals surface area contributed by atoms with Crippen LogP contribution in [0.4, 0.5) is 5.69 Å². The van der Waals surface area contributed by atoms with Crippen LogP contribution in [0.15, 0.2) is 11.3 Å². The minimum Gasteiger partial charge on any atom is -0.543 e. The SMILES string of the molecule is CC(=O)OCC1=C(C(=O)[O-])N2C(=O)C(NC(=O)c3nn(C)c(C)c3[N+](=O)[O-])C2SC1.[Na+]. The Morgan fingerprint density at radius 3 is 2.58 bits per heavy atom. The molecule has 0 saturated carbocycles. The molecule has 2 atom stereocenters. The predicted molar refractivity (Wildman–Crippen MR) is 97.6 cm³/mol. The van der Waals surface area contributed by atoms with Crippen LogP contribution in [0.25, 0.3) is 0 Å². The second-order valence-electron chi connectivity index (χ2n) is 6.54. The molecule has 2 unspecified atom stereocenters. The van der Waals surface area contributed by atoms with Gasteiger partial charge in [-0.05, 0) is 6.92 Å². The fraction of sp³-hybridized carbons (Fsp3) is 0.438. The van der Waals surface area contributed by atoms with E-state index < -0.39 is 57.2 Å². The summed E-state index contributed by atoms with van der Waals surface area (Å²) in [5.74, 6) is -3.75. The average Bonchev–Trinajstić information content (AvgIpc) is 2.98. The number of hydrogen-bond acceptors (Lipinski definition) is 10. The van der Waals surface area contributed by atoms with E-state index >= 15 is 0 Å². The van der Waals surface area contributed by atoms with Crippen LogP contribution in [0.3, 0.4) is 0 Å². The molecule has 1 aromatic heterocycles. The van der Waals surface area contributed by atoms with Crippen molar-refractivity contribution in [3.63, 3.8) is 0 Å². The van der Waals surface area contributed by atoms with Crippen molar-refractivity contribution < 1.29 is 63.5 Å². The summed E-state index contributed by atoms with van der Waals surface area (Å²) in [6.45, 7) is 2.28. The summed E-state index contributed by atoms with van der Waals surface area (Å²) in [4.78, 5) is 59.1. The van der Waals surface area contributed by atoms with Crippen LogP contribution in [0.1, 0.15) is 23.1 Å². The Balaban J connectivity index is 0.00000341. The summed E-state index contributed by atoms with van der Waals surface area (Å²) >= 11 is 1.15. The number of ether oxygens (including phenoxy) is 1. The number of aryl methyl sites for hydroxylation is 1. The number of amides is 2. The molecule has 160 valence electrons. The van der Waals surface area contributed by atoms with E-state index in [4.69, 9.17) is 4.74 Å². The normalized spacial score (nSPS) is 19.7. The quantitative estimate of drug-likeness (QED) is 0.142. The summed E-state index contributed by atoms with van der Waals surface area (Å²) < 4.78 is 6.00. The van der Waals surface area contributed by atoms with Crippen LogP contribution < -0.4 is 40.0 Å². The number of nitro groups is 1. The third-order valence-electron chi connectivity index (χ3n) is 4.68. The number of nitrogens with zero attached hydrogens (tertiary/aromatic N) is 4. The molecule has 0 radical (unpaired) electrons. The van der Waals surface area contributed by atoms with E-state index in [0.717, 1.165) is 23.6 Å². The fourth-order valence-corrected chi connectivity index (χ4v) is 4.48. The van der Waals surface area contributed by atoms with Crippen molar-refractivity contribution in [2.45, 2.75) is 25.3 Å². The number of carbonyl (C=O) groups excluding carboxylic acids is 4. The summed E-state index contributed by atoms with van der Waals surface area (Å²) in [5.41, 5.74) is -0.973. The Kier molecular flexibility index (Phi) is 7.52. The van der Waals surface area contributed by atoms with E-state index in [1.54, 1.807) is 0 Å². The van der Waals surface area contributed by atoms with Gasteiger partial charge in [-0.25, -0.2) is 0 Å². The number of aromatic nitrogens is 2. The zero-order chi connectivity index (χ0) is 22.3. The molecular formula is C16H16N5NaO8S. The van der Waals surface area contributed by atoms with E-state index in [1.807, 2.05) is 0 Å². The van der Waals surface area contributed by atoms with Gasteiger partial charge >= 0.3 is 41.2 Å². The largest absolute Gasteiger partial charge is 1.00 e. The van der Waals surface area contributed by atoms with Gasteiger partial charge in [0.1, 0.15) is 23.7 Å². The van der Waals surface area contributed by atoms with E-state index in [9.17, 15) is 34.4 Å². The van der Waals surface area contributed by atoms with Gasteiger partial charge in [-0.15, -0.1) is 11.8 Å². The molecule has 2 aliphatic rings. The zero-order valence-corrected chi connectivity index (χ0v) is 19.8. The van der Waals surface area contributed by atoms with Crippen molar-refractivity contribution >= 4 is 41.2 Å². The van der Waals surface area contributed by atoms with Gasteiger partial charge in [-0.3, -0.25) is 34.1 Å². The van der Waals surface area contributed by atoms with Gasteiger partial charge in [0.2, 0.25) is 5.69 Å². The first-order valence-corrected chi connectivity index (χ1v) is 9.59. The van der Waals surface area contributed by atoms with Gasteiger partial charge < -0.3 is 20.0 Å². The molecule has 1 saturated heterocycles. The Hall–Kier alpha value is -2.42. The number of carboxylic acid groups (broad SMARTS) is 1. The molecule has 3 rings (SSSR count). The first-order valence-electron chi connectivity index (χ1n) is 8.54. The second kappa shape index (κ2) is 9.38. The van der Waals surface area contributed by atoms with Crippen LogP contribution in [0, 0.1) is 17.0 Å². The van der Waals surface area contributed by atoms with Gasteiger partial charge in [-0.2, -0.15) is 5.10 Å². The molecule has 2 aliphatic heterocycles. The molecule has 0 spiro atoms.